The Kier molecular flexibility index (Phi) is 4.72. The Morgan fingerprint density at radius 2 is 2.14 bits per heavy atom. The van der Waals surface area contributed by atoms with E-state index in [0.717, 1.165) is 10.6 Å². The molecule has 1 heterocycles. The van der Waals surface area contributed by atoms with Crippen LogP contribution in [0.25, 0.3) is 0 Å². The first-order valence-electron chi connectivity index (χ1n) is 4.16. The summed E-state index contributed by atoms with van der Waals surface area (Å²) in [6, 6.07) is 3.70. The van der Waals surface area contributed by atoms with Gasteiger partial charge < -0.3 is 15.2 Å². The van der Waals surface area contributed by atoms with E-state index in [1.165, 1.54) is 0 Å². The third kappa shape index (κ3) is 3.53. The lowest BCUT2D eigenvalue weighted by atomic mass is 10.5. The molecule has 78 valence electrons. The molecule has 4 nitrogen and oxygen atoms in total. The van der Waals surface area contributed by atoms with E-state index < -0.39 is 0 Å². The van der Waals surface area contributed by atoms with Crippen molar-refractivity contribution >= 4 is 17.6 Å². The molecule has 0 bridgehead atoms. The summed E-state index contributed by atoms with van der Waals surface area (Å²) in [5.41, 5.74) is 5.47. The zero-order valence-electron chi connectivity index (χ0n) is 8.27. The number of nitrogen functional groups attached to an aromatic ring is 1. The average molecular weight is 214 g/mol. The Bertz CT molecular complexity index is 262. The molecule has 0 saturated heterocycles. The fourth-order valence-electron chi connectivity index (χ4n) is 0.874. The molecule has 0 amide bonds. The number of hydrogen-bond donors (Lipinski definition) is 1. The molecule has 0 fully saturated rings. The Morgan fingerprint density at radius 3 is 2.64 bits per heavy atom. The maximum Gasteiger partial charge on any atom is 0.166 e. The lowest BCUT2D eigenvalue weighted by molar-refractivity contribution is -0.0842. The van der Waals surface area contributed by atoms with Crippen molar-refractivity contribution in [2.75, 3.05) is 25.7 Å². The van der Waals surface area contributed by atoms with Crippen LogP contribution in [0.5, 0.6) is 0 Å². The molecule has 2 N–H and O–H groups in total. The fraction of sp³-hybridized carbons (Fsp3) is 0.444. The first-order valence-corrected chi connectivity index (χ1v) is 5.14. The number of thioether (sulfide) groups is 1. The summed E-state index contributed by atoms with van der Waals surface area (Å²) in [5.74, 6) is 1.27. The molecule has 0 aliphatic heterocycles. The monoisotopic (exact) mass is 214 g/mol. The molecule has 14 heavy (non-hydrogen) atoms. The highest BCUT2D eigenvalue weighted by Crippen LogP contribution is 2.19. The van der Waals surface area contributed by atoms with E-state index in [4.69, 9.17) is 15.2 Å². The maximum absolute atomic E-state index is 5.47. The summed E-state index contributed by atoms with van der Waals surface area (Å²) in [5, 5.41) is 0. The number of rotatable bonds is 5. The van der Waals surface area contributed by atoms with Gasteiger partial charge in [-0.1, -0.05) is 0 Å². The van der Waals surface area contributed by atoms with E-state index in [-0.39, 0.29) is 6.29 Å². The maximum atomic E-state index is 5.47. The van der Waals surface area contributed by atoms with Gasteiger partial charge in [0.15, 0.2) is 6.29 Å². The zero-order valence-corrected chi connectivity index (χ0v) is 9.08. The highest BCUT2D eigenvalue weighted by atomic mass is 32.2. The first kappa shape index (κ1) is 11.3. The smallest absolute Gasteiger partial charge is 0.166 e. The molecule has 5 heteroatoms. The number of ether oxygens (including phenoxy) is 2. The van der Waals surface area contributed by atoms with Crippen LogP contribution in [-0.4, -0.2) is 31.2 Å². The molecule has 0 saturated carbocycles. The van der Waals surface area contributed by atoms with Crippen molar-refractivity contribution < 1.29 is 9.47 Å². The minimum atomic E-state index is -0.183. The third-order valence-corrected chi connectivity index (χ3v) is 2.68. The third-order valence-electron chi connectivity index (χ3n) is 1.67. The van der Waals surface area contributed by atoms with E-state index in [0.29, 0.717) is 5.82 Å². The van der Waals surface area contributed by atoms with Crippen LogP contribution < -0.4 is 5.73 Å². The first-order chi connectivity index (χ1) is 6.76. The molecule has 0 aliphatic carbocycles. The summed E-state index contributed by atoms with van der Waals surface area (Å²) in [6.45, 7) is 0. The number of nitrogens with zero attached hydrogens (tertiary/aromatic N) is 1. The van der Waals surface area contributed by atoms with Crippen molar-refractivity contribution in [2.24, 2.45) is 0 Å². The van der Waals surface area contributed by atoms with Crippen LogP contribution in [0, 0.1) is 0 Å². The van der Waals surface area contributed by atoms with Crippen LogP contribution in [0.15, 0.2) is 23.2 Å². The van der Waals surface area contributed by atoms with Crippen molar-refractivity contribution in [1.82, 2.24) is 4.98 Å². The van der Waals surface area contributed by atoms with Gasteiger partial charge in [0.25, 0.3) is 0 Å². The lowest BCUT2D eigenvalue weighted by Crippen LogP contribution is -2.15. The molecule has 1 rings (SSSR count). The number of nitrogens with two attached hydrogens (primary N) is 1. The van der Waals surface area contributed by atoms with E-state index in [2.05, 4.69) is 4.98 Å². The van der Waals surface area contributed by atoms with E-state index in [9.17, 15) is 0 Å². The van der Waals surface area contributed by atoms with Crippen LogP contribution in [-0.2, 0) is 9.47 Å². The highest BCUT2D eigenvalue weighted by molar-refractivity contribution is 7.99. The summed E-state index contributed by atoms with van der Waals surface area (Å²) in [7, 11) is 3.24. The van der Waals surface area contributed by atoms with Gasteiger partial charge in [0.1, 0.15) is 5.82 Å². The lowest BCUT2D eigenvalue weighted by Gasteiger charge is -2.12. The minimum absolute atomic E-state index is 0.183. The van der Waals surface area contributed by atoms with Crippen LogP contribution in [0.3, 0.4) is 0 Å². The van der Waals surface area contributed by atoms with Gasteiger partial charge in [-0.05, 0) is 12.1 Å². The number of hydrogen-bond acceptors (Lipinski definition) is 5. The predicted octanol–water partition coefficient (Wildman–Crippen LogP) is 1.37. The molecule has 0 spiro atoms. The summed E-state index contributed by atoms with van der Waals surface area (Å²) in [6.07, 6.45) is 1.56. The van der Waals surface area contributed by atoms with Gasteiger partial charge in [-0.25, -0.2) is 4.98 Å². The largest absolute Gasteiger partial charge is 0.384 e. The zero-order chi connectivity index (χ0) is 10.4. The molecule has 0 unspecified atom stereocenters. The van der Waals surface area contributed by atoms with Crippen molar-refractivity contribution in [2.45, 2.75) is 11.2 Å². The predicted molar refractivity (Wildman–Crippen MR) is 57.2 cm³/mol. The standard InChI is InChI=1S/C9H14N2O2S/c1-12-9(13-2)6-14-7-3-4-8(10)11-5-7/h3-5,9H,6H2,1-2H3,(H2,10,11). The number of pyridine rings is 1. The van der Waals surface area contributed by atoms with Crippen LogP contribution >= 0.6 is 11.8 Å². The molecule has 1 aromatic rings. The Labute approximate surface area is 87.8 Å². The van der Waals surface area contributed by atoms with E-state index in [1.54, 1.807) is 38.2 Å². The van der Waals surface area contributed by atoms with Gasteiger partial charge >= 0.3 is 0 Å². The summed E-state index contributed by atoms with van der Waals surface area (Å²) in [4.78, 5) is 5.04. The fourth-order valence-corrected chi connectivity index (χ4v) is 1.77. The van der Waals surface area contributed by atoms with E-state index >= 15 is 0 Å². The van der Waals surface area contributed by atoms with Crippen molar-refractivity contribution in [3.63, 3.8) is 0 Å². The van der Waals surface area contributed by atoms with Crippen LogP contribution in [0.2, 0.25) is 0 Å². The molecule has 0 radical (unpaired) electrons. The van der Waals surface area contributed by atoms with Gasteiger partial charge in [0.2, 0.25) is 0 Å². The van der Waals surface area contributed by atoms with Crippen molar-refractivity contribution in [3.8, 4) is 0 Å². The van der Waals surface area contributed by atoms with Gasteiger partial charge in [0, 0.05) is 31.1 Å². The van der Waals surface area contributed by atoms with Gasteiger partial charge in [-0.3, -0.25) is 0 Å². The average Bonchev–Trinajstić information content (AvgIpc) is 2.22. The second-order valence-corrected chi connectivity index (χ2v) is 3.72. The molecular weight excluding hydrogens is 200 g/mol. The Hall–Kier alpha value is -0.780. The molecule has 0 aliphatic rings. The van der Waals surface area contributed by atoms with Crippen molar-refractivity contribution in [3.05, 3.63) is 18.3 Å². The quantitative estimate of drug-likeness (QED) is 0.592. The van der Waals surface area contributed by atoms with Gasteiger partial charge in [0.05, 0.1) is 0 Å². The molecule has 0 atom stereocenters. The SMILES string of the molecule is COC(CSc1ccc(N)nc1)OC. The minimum Gasteiger partial charge on any atom is -0.384 e. The second kappa shape index (κ2) is 5.85. The number of anilines is 1. The summed E-state index contributed by atoms with van der Waals surface area (Å²) < 4.78 is 10.1. The van der Waals surface area contributed by atoms with Crippen LogP contribution in [0.4, 0.5) is 5.82 Å². The topological polar surface area (TPSA) is 57.4 Å². The van der Waals surface area contributed by atoms with E-state index in [1.807, 2.05) is 6.07 Å². The van der Waals surface area contributed by atoms with Gasteiger partial charge in [-0.15, -0.1) is 11.8 Å². The molecule has 0 aromatic carbocycles. The van der Waals surface area contributed by atoms with Gasteiger partial charge in [-0.2, -0.15) is 0 Å². The summed E-state index contributed by atoms with van der Waals surface area (Å²) >= 11 is 1.62. The normalized spacial score (nSPS) is 10.8. The molecular formula is C9H14N2O2S. The van der Waals surface area contributed by atoms with Crippen molar-refractivity contribution in [1.29, 1.82) is 0 Å². The number of aromatic nitrogens is 1. The van der Waals surface area contributed by atoms with Crippen LogP contribution in [0.1, 0.15) is 0 Å². The second-order valence-electron chi connectivity index (χ2n) is 2.63. The Morgan fingerprint density at radius 1 is 1.43 bits per heavy atom. The highest BCUT2D eigenvalue weighted by Gasteiger charge is 2.05. The number of methoxy groups -OCH3 is 2. The Balaban J connectivity index is 2.41. The molecule has 1 aromatic heterocycles.